The van der Waals surface area contributed by atoms with Crippen LogP contribution in [0.15, 0.2) is 54.6 Å². The second-order valence-electron chi connectivity index (χ2n) is 6.54. The van der Waals surface area contributed by atoms with E-state index < -0.39 is 5.95 Å². The Balaban J connectivity index is 1.82. The molecule has 1 heterocycles. The molecule has 0 bridgehead atoms. The number of ether oxygens (including phenoxy) is 1. The van der Waals surface area contributed by atoms with E-state index in [4.69, 9.17) is 4.74 Å². The van der Waals surface area contributed by atoms with Gasteiger partial charge in [-0.05, 0) is 48.7 Å². The molecule has 4 nitrogen and oxygen atoms in total. The fourth-order valence-electron chi connectivity index (χ4n) is 2.51. The highest BCUT2D eigenvalue weighted by molar-refractivity contribution is 6.06. The fraction of sp³-hybridized carbons (Fsp3) is 0.238. The predicted octanol–water partition coefficient (Wildman–Crippen LogP) is 5.05. The van der Waals surface area contributed by atoms with Crippen LogP contribution in [0, 0.1) is 11.9 Å². The molecule has 0 radical (unpaired) electrons. The van der Waals surface area contributed by atoms with Crippen LogP contribution in [0.25, 0.3) is 10.9 Å². The van der Waals surface area contributed by atoms with E-state index in [0.717, 1.165) is 6.42 Å². The molecule has 0 aliphatic rings. The Morgan fingerprint density at radius 3 is 2.65 bits per heavy atom. The molecule has 2 aromatic carbocycles. The minimum Gasteiger partial charge on any atom is -0.489 e. The third kappa shape index (κ3) is 4.36. The summed E-state index contributed by atoms with van der Waals surface area (Å²) >= 11 is 0. The molecule has 3 rings (SSSR count). The average Bonchev–Trinajstić information content (AvgIpc) is 2.62. The van der Waals surface area contributed by atoms with Gasteiger partial charge in [0.15, 0.2) is 5.75 Å². The number of anilines is 1. The minimum atomic E-state index is -0.636. The largest absolute Gasteiger partial charge is 0.489 e. The van der Waals surface area contributed by atoms with Gasteiger partial charge < -0.3 is 10.1 Å². The van der Waals surface area contributed by atoms with Crippen LogP contribution in [0.2, 0.25) is 0 Å². The molecule has 0 atom stereocenters. The predicted molar refractivity (Wildman–Crippen MR) is 101 cm³/mol. The molecule has 0 unspecified atom stereocenters. The smallest absolute Gasteiger partial charge is 0.255 e. The van der Waals surface area contributed by atoms with E-state index in [-0.39, 0.29) is 11.7 Å². The zero-order valence-corrected chi connectivity index (χ0v) is 14.8. The van der Waals surface area contributed by atoms with Crippen molar-refractivity contribution in [2.24, 2.45) is 5.92 Å². The lowest BCUT2D eigenvalue weighted by Crippen LogP contribution is -2.11. The molecular formula is C21H21FN2O2. The van der Waals surface area contributed by atoms with E-state index in [1.54, 1.807) is 24.3 Å². The molecule has 1 amide bonds. The van der Waals surface area contributed by atoms with E-state index in [1.165, 1.54) is 0 Å². The maximum atomic E-state index is 14.1. The average molecular weight is 352 g/mol. The Kier molecular flexibility index (Phi) is 5.46. The molecule has 5 heteroatoms. The molecule has 0 aliphatic heterocycles. The Labute approximate surface area is 152 Å². The van der Waals surface area contributed by atoms with Crippen molar-refractivity contribution in [2.75, 3.05) is 11.9 Å². The lowest BCUT2D eigenvalue weighted by molar-refractivity contribution is 0.102. The van der Waals surface area contributed by atoms with E-state index in [0.29, 0.717) is 34.7 Å². The number of hydrogen-bond acceptors (Lipinski definition) is 3. The van der Waals surface area contributed by atoms with Gasteiger partial charge in [-0.15, -0.1) is 0 Å². The number of halogens is 1. The lowest BCUT2D eigenvalue weighted by Gasteiger charge is -2.10. The zero-order valence-electron chi connectivity index (χ0n) is 14.8. The topological polar surface area (TPSA) is 51.2 Å². The van der Waals surface area contributed by atoms with Crippen molar-refractivity contribution in [3.63, 3.8) is 0 Å². The number of rotatable bonds is 6. The third-order valence-electron chi connectivity index (χ3n) is 3.98. The van der Waals surface area contributed by atoms with Crippen molar-refractivity contribution in [1.82, 2.24) is 4.98 Å². The van der Waals surface area contributed by atoms with Crippen LogP contribution < -0.4 is 10.1 Å². The summed E-state index contributed by atoms with van der Waals surface area (Å²) in [5, 5.41) is 3.49. The monoisotopic (exact) mass is 352 g/mol. The molecule has 3 aromatic rings. The summed E-state index contributed by atoms with van der Waals surface area (Å²) < 4.78 is 19.6. The number of benzene rings is 2. The van der Waals surface area contributed by atoms with Crippen molar-refractivity contribution < 1.29 is 13.9 Å². The van der Waals surface area contributed by atoms with Crippen LogP contribution in [-0.2, 0) is 0 Å². The first-order valence-electron chi connectivity index (χ1n) is 8.62. The van der Waals surface area contributed by atoms with Gasteiger partial charge in [-0.3, -0.25) is 4.79 Å². The number of nitrogens with zero attached hydrogens (tertiary/aromatic N) is 1. The highest BCUT2D eigenvalue weighted by Gasteiger charge is 2.11. The van der Waals surface area contributed by atoms with Gasteiger partial charge in [0, 0.05) is 16.6 Å². The fourth-order valence-corrected chi connectivity index (χ4v) is 2.51. The summed E-state index contributed by atoms with van der Waals surface area (Å²) in [6.45, 7) is 4.59. The number of carbonyl (C=O) groups excluding carboxylic acids is 1. The van der Waals surface area contributed by atoms with Crippen molar-refractivity contribution in [3.8, 4) is 5.75 Å². The van der Waals surface area contributed by atoms with Crippen molar-refractivity contribution in [1.29, 1.82) is 0 Å². The molecule has 1 aromatic heterocycles. The van der Waals surface area contributed by atoms with Gasteiger partial charge in [0.05, 0.1) is 12.1 Å². The molecule has 26 heavy (non-hydrogen) atoms. The van der Waals surface area contributed by atoms with Crippen LogP contribution in [-0.4, -0.2) is 17.5 Å². The van der Waals surface area contributed by atoms with Crippen molar-refractivity contribution in [3.05, 3.63) is 66.1 Å². The second-order valence-corrected chi connectivity index (χ2v) is 6.54. The summed E-state index contributed by atoms with van der Waals surface area (Å²) in [4.78, 5) is 16.4. The van der Waals surface area contributed by atoms with Crippen LogP contribution in [0.4, 0.5) is 10.1 Å². The normalized spacial score (nSPS) is 10.9. The molecule has 0 saturated heterocycles. The first kappa shape index (κ1) is 17.9. The Bertz CT molecular complexity index is 911. The molecule has 0 saturated carbocycles. The SMILES string of the molecule is CC(C)CCOc1cc2cc(C(=O)Nc3ccccc3)ccc2nc1F. The Morgan fingerprint density at radius 2 is 1.92 bits per heavy atom. The van der Waals surface area contributed by atoms with E-state index in [9.17, 15) is 9.18 Å². The number of carbonyl (C=O) groups is 1. The summed E-state index contributed by atoms with van der Waals surface area (Å²) in [7, 11) is 0. The standard InChI is InChI=1S/C21H21FN2O2/c1-14(2)10-11-26-19-13-16-12-15(8-9-18(16)24-20(19)22)21(25)23-17-6-4-3-5-7-17/h3-9,12-14H,10-11H2,1-2H3,(H,23,25). The first-order chi connectivity index (χ1) is 12.5. The number of aromatic nitrogens is 1. The summed E-state index contributed by atoms with van der Waals surface area (Å²) in [5.41, 5.74) is 1.67. The van der Waals surface area contributed by atoms with Gasteiger partial charge in [0.2, 0.25) is 0 Å². The van der Waals surface area contributed by atoms with Crippen molar-refractivity contribution in [2.45, 2.75) is 20.3 Å². The third-order valence-corrected chi connectivity index (χ3v) is 3.98. The highest BCUT2D eigenvalue weighted by atomic mass is 19.1. The maximum Gasteiger partial charge on any atom is 0.255 e. The zero-order chi connectivity index (χ0) is 18.5. The van der Waals surface area contributed by atoms with Gasteiger partial charge in [-0.25, -0.2) is 4.98 Å². The molecule has 0 spiro atoms. The molecule has 1 N–H and O–H groups in total. The molecular weight excluding hydrogens is 331 g/mol. The summed E-state index contributed by atoms with van der Waals surface area (Å²) in [6, 6.07) is 15.8. The number of hydrogen-bond donors (Lipinski definition) is 1. The van der Waals surface area contributed by atoms with Gasteiger partial charge in [-0.1, -0.05) is 32.0 Å². The quantitative estimate of drug-likeness (QED) is 0.632. The minimum absolute atomic E-state index is 0.110. The number of amides is 1. The van der Waals surface area contributed by atoms with E-state index >= 15 is 0 Å². The molecule has 0 fully saturated rings. The van der Waals surface area contributed by atoms with Gasteiger partial charge >= 0.3 is 0 Å². The van der Waals surface area contributed by atoms with Crippen LogP contribution in [0.5, 0.6) is 5.75 Å². The number of para-hydroxylation sites is 1. The Hall–Kier alpha value is -2.95. The van der Waals surface area contributed by atoms with Gasteiger partial charge in [-0.2, -0.15) is 4.39 Å². The Morgan fingerprint density at radius 1 is 1.15 bits per heavy atom. The van der Waals surface area contributed by atoms with Gasteiger partial charge in [0.1, 0.15) is 0 Å². The summed E-state index contributed by atoms with van der Waals surface area (Å²) in [5.74, 6) is -0.286. The molecule has 134 valence electrons. The maximum absolute atomic E-state index is 14.1. The second kappa shape index (κ2) is 7.95. The van der Waals surface area contributed by atoms with E-state index in [2.05, 4.69) is 24.1 Å². The van der Waals surface area contributed by atoms with Crippen LogP contribution >= 0.6 is 0 Å². The number of fused-ring (bicyclic) bond motifs is 1. The van der Waals surface area contributed by atoms with Crippen molar-refractivity contribution >= 4 is 22.5 Å². The first-order valence-corrected chi connectivity index (χ1v) is 8.62. The molecule has 0 aliphatic carbocycles. The summed E-state index contributed by atoms with van der Waals surface area (Å²) in [6.07, 6.45) is 0.830. The number of nitrogens with one attached hydrogen (secondary N) is 1. The van der Waals surface area contributed by atoms with Crippen LogP contribution in [0.1, 0.15) is 30.6 Å². The van der Waals surface area contributed by atoms with E-state index in [1.807, 2.05) is 30.3 Å². The lowest BCUT2D eigenvalue weighted by atomic mass is 10.1. The van der Waals surface area contributed by atoms with Gasteiger partial charge in [0.25, 0.3) is 11.9 Å². The van der Waals surface area contributed by atoms with Crippen LogP contribution in [0.3, 0.4) is 0 Å². The highest BCUT2D eigenvalue weighted by Crippen LogP contribution is 2.24. The number of pyridine rings is 1.